The minimum atomic E-state index is -0.0280. The Morgan fingerprint density at radius 2 is 1.80 bits per heavy atom. The highest BCUT2D eigenvalue weighted by Gasteiger charge is 2.27. The number of amides is 2. The molecule has 0 spiro atoms. The molecule has 2 unspecified atom stereocenters. The van der Waals surface area contributed by atoms with E-state index in [0.717, 1.165) is 25.7 Å². The molecule has 1 rings (SSSR count). The molecule has 0 aromatic rings. The van der Waals surface area contributed by atoms with Crippen molar-refractivity contribution < 1.29 is 9.59 Å². The van der Waals surface area contributed by atoms with Crippen LogP contribution in [0.2, 0.25) is 0 Å². The molecular formula is C15H29N3O2. The maximum absolute atomic E-state index is 12.4. The number of carbonyl (C=O) groups excluding carboxylic acids is 2. The molecule has 1 saturated carbocycles. The van der Waals surface area contributed by atoms with E-state index in [4.69, 9.17) is 5.73 Å². The third-order valence-electron chi connectivity index (χ3n) is 4.08. The van der Waals surface area contributed by atoms with Gasteiger partial charge in [-0.3, -0.25) is 9.59 Å². The quantitative estimate of drug-likeness (QED) is 0.797. The van der Waals surface area contributed by atoms with Gasteiger partial charge in [0.2, 0.25) is 11.8 Å². The summed E-state index contributed by atoms with van der Waals surface area (Å²) in [5, 5.41) is 0. The van der Waals surface area contributed by atoms with Gasteiger partial charge in [0.05, 0.1) is 6.54 Å². The maximum atomic E-state index is 12.4. The minimum absolute atomic E-state index is 0.0280. The van der Waals surface area contributed by atoms with Crippen LogP contribution in [0.4, 0.5) is 0 Å². The SMILES string of the molecule is CCCN(CC(=O)N(C)C)C(=O)CC1CCCCC1N. The van der Waals surface area contributed by atoms with Crippen LogP contribution in [-0.2, 0) is 9.59 Å². The number of rotatable bonds is 6. The van der Waals surface area contributed by atoms with Gasteiger partial charge in [-0.05, 0) is 25.2 Å². The van der Waals surface area contributed by atoms with Crippen LogP contribution in [0.1, 0.15) is 45.4 Å². The summed E-state index contributed by atoms with van der Waals surface area (Å²) in [7, 11) is 3.43. The molecular weight excluding hydrogens is 254 g/mol. The number of hydrogen-bond donors (Lipinski definition) is 1. The van der Waals surface area contributed by atoms with Crippen molar-refractivity contribution in [3.05, 3.63) is 0 Å². The topological polar surface area (TPSA) is 66.6 Å². The van der Waals surface area contributed by atoms with Crippen molar-refractivity contribution >= 4 is 11.8 Å². The van der Waals surface area contributed by atoms with Gasteiger partial charge < -0.3 is 15.5 Å². The number of nitrogens with zero attached hydrogens (tertiary/aromatic N) is 2. The molecule has 0 heterocycles. The number of likely N-dealkylation sites (N-methyl/N-ethyl adjacent to an activating group) is 1. The van der Waals surface area contributed by atoms with Crippen LogP contribution in [0.3, 0.4) is 0 Å². The zero-order chi connectivity index (χ0) is 15.1. The molecule has 1 aliphatic carbocycles. The Balaban J connectivity index is 2.56. The average molecular weight is 283 g/mol. The molecule has 0 aromatic carbocycles. The molecule has 0 radical (unpaired) electrons. The van der Waals surface area contributed by atoms with Crippen LogP contribution < -0.4 is 5.73 Å². The largest absolute Gasteiger partial charge is 0.347 e. The summed E-state index contributed by atoms with van der Waals surface area (Å²) in [5.74, 6) is 0.328. The first-order valence-corrected chi connectivity index (χ1v) is 7.69. The van der Waals surface area contributed by atoms with Crippen molar-refractivity contribution in [1.29, 1.82) is 0 Å². The molecule has 0 aromatic heterocycles. The lowest BCUT2D eigenvalue weighted by Gasteiger charge is -2.30. The normalized spacial score (nSPS) is 22.4. The number of hydrogen-bond acceptors (Lipinski definition) is 3. The van der Waals surface area contributed by atoms with Crippen molar-refractivity contribution in [1.82, 2.24) is 9.80 Å². The summed E-state index contributed by atoms with van der Waals surface area (Å²) in [6.45, 7) is 2.84. The van der Waals surface area contributed by atoms with Gasteiger partial charge in [0.25, 0.3) is 0 Å². The third kappa shape index (κ3) is 5.12. The second kappa shape index (κ2) is 8.25. The lowest BCUT2D eigenvalue weighted by Crippen LogP contribution is -2.43. The molecule has 0 bridgehead atoms. The van der Waals surface area contributed by atoms with Crippen molar-refractivity contribution in [2.75, 3.05) is 27.2 Å². The number of carbonyl (C=O) groups is 2. The van der Waals surface area contributed by atoms with Crippen molar-refractivity contribution in [2.24, 2.45) is 11.7 Å². The van der Waals surface area contributed by atoms with Crippen molar-refractivity contribution in [2.45, 2.75) is 51.5 Å². The van der Waals surface area contributed by atoms with Crippen molar-refractivity contribution in [3.8, 4) is 0 Å². The standard InChI is InChI=1S/C15H29N3O2/c1-4-9-18(11-15(20)17(2)3)14(19)10-12-7-5-6-8-13(12)16/h12-13H,4-11,16H2,1-3H3. The zero-order valence-corrected chi connectivity index (χ0v) is 13.1. The molecule has 1 aliphatic rings. The van der Waals surface area contributed by atoms with Gasteiger partial charge in [0.15, 0.2) is 0 Å². The highest BCUT2D eigenvalue weighted by atomic mass is 16.2. The Morgan fingerprint density at radius 1 is 1.15 bits per heavy atom. The first kappa shape index (κ1) is 17.0. The number of nitrogens with two attached hydrogens (primary N) is 1. The summed E-state index contributed by atoms with van der Waals surface area (Å²) >= 11 is 0. The van der Waals surface area contributed by atoms with E-state index in [0.29, 0.717) is 13.0 Å². The van der Waals surface area contributed by atoms with E-state index in [9.17, 15) is 9.59 Å². The van der Waals surface area contributed by atoms with E-state index in [2.05, 4.69) is 0 Å². The van der Waals surface area contributed by atoms with Crippen LogP contribution >= 0.6 is 0 Å². The Kier molecular flexibility index (Phi) is 6.99. The molecule has 5 nitrogen and oxygen atoms in total. The molecule has 2 amide bonds. The van der Waals surface area contributed by atoms with Gasteiger partial charge in [-0.2, -0.15) is 0 Å². The van der Waals surface area contributed by atoms with E-state index < -0.39 is 0 Å². The molecule has 20 heavy (non-hydrogen) atoms. The van der Waals surface area contributed by atoms with Crippen LogP contribution in [-0.4, -0.2) is 54.8 Å². The predicted octanol–water partition coefficient (Wildman–Crippen LogP) is 1.22. The summed E-state index contributed by atoms with van der Waals surface area (Å²) in [6, 6.07) is 0.140. The second-order valence-electron chi connectivity index (χ2n) is 6.02. The van der Waals surface area contributed by atoms with E-state index in [-0.39, 0.29) is 30.3 Å². The Labute approximate surface area is 122 Å². The van der Waals surface area contributed by atoms with E-state index in [1.807, 2.05) is 6.92 Å². The van der Waals surface area contributed by atoms with E-state index >= 15 is 0 Å². The van der Waals surface area contributed by atoms with Crippen LogP contribution in [0.15, 0.2) is 0 Å². The Morgan fingerprint density at radius 3 is 2.35 bits per heavy atom. The molecule has 5 heteroatoms. The fourth-order valence-electron chi connectivity index (χ4n) is 2.71. The van der Waals surface area contributed by atoms with Crippen LogP contribution in [0.5, 0.6) is 0 Å². The molecule has 116 valence electrons. The Hall–Kier alpha value is -1.10. The lowest BCUT2D eigenvalue weighted by atomic mass is 9.82. The third-order valence-corrected chi connectivity index (χ3v) is 4.08. The predicted molar refractivity (Wildman–Crippen MR) is 80.1 cm³/mol. The summed E-state index contributed by atoms with van der Waals surface area (Å²) < 4.78 is 0. The summed E-state index contributed by atoms with van der Waals surface area (Å²) in [5.41, 5.74) is 6.10. The van der Waals surface area contributed by atoms with Crippen LogP contribution in [0, 0.1) is 5.92 Å². The van der Waals surface area contributed by atoms with Gasteiger partial charge >= 0.3 is 0 Å². The summed E-state index contributed by atoms with van der Waals surface area (Å²) in [4.78, 5) is 27.4. The van der Waals surface area contributed by atoms with Gasteiger partial charge in [-0.25, -0.2) is 0 Å². The van der Waals surface area contributed by atoms with E-state index in [1.165, 1.54) is 11.3 Å². The van der Waals surface area contributed by atoms with Gasteiger partial charge in [-0.15, -0.1) is 0 Å². The summed E-state index contributed by atoms with van der Waals surface area (Å²) in [6.07, 6.45) is 5.74. The van der Waals surface area contributed by atoms with Gasteiger partial charge in [-0.1, -0.05) is 19.8 Å². The second-order valence-corrected chi connectivity index (χ2v) is 6.02. The molecule has 2 atom stereocenters. The van der Waals surface area contributed by atoms with E-state index in [1.54, 1.807) is 19.0 Å². The highest BCUT2D eigenvalue weighted by molar-refractivity contribution is 5.84. The molecule has 2 N–H and O–H groups in total. The highest BCUT2D eigenvalue weighted by Crippen LogP contribution is 2.26. The van der Waals surface area contributed by atoms with Gasteiger partial charge in [0.1, 0.15) is 0 Å². The average Bonchev–Trinajstić information content (AvgIpc) is 2.40. The lowest BCUT2D eigenvalue weighted by molar-refractivity contribution is -0.140. The first-order chi connectivity index (χ1) is 9.45. The molecule has 0 saturated heterocycles. The fourth-order valence-corrected chi connectivity index (χ4v) is 2.71. The van der Waals surface area contributed by atoms with Crippen molar-refractivity contribution in [3.63, 3.8) is 0 Å². The smallest absolute Gasteiger partial charge is 0.241 e. The van der Waals surface area contributed by atoms with Gasteiger partial charge in [0, 0.05) is 33.1 Å². The Bertz CT molecular complexity index is 331. The first-order valence-electron chi connectivity index (χ1n) is 7.69. The fraction of sp³-hybridized carbons (Fsp3) is 0.867. The minimum Gasteiger partial charge on any atom is -0.347 e. The zero-order valence-electron chi connectivity index (χ0n) is 13.1. The molecule has 0 aliphatic heterocycles. The van der Waals surface area contributed by atoms with Crippen LogP contribution in [0.25, 0.3) is 0 Å². The maximum Gasteiger partial charge on any atom is 0.241 e. The molecule has 1 fully saturated rings. The monoisotopic (exact) mass is 283 g/mol.